The fourth-order valence-corrected chi connectivity index (χ4v) is 3.69. The number of guanidine groups is 1. The van der Waals surface area contributed by atoms with Crippen LogP contribution in [0.4, 0.5) is 10.5 Å². The molecule has 0 saturated carbocycles. The lowest BCUT2D eigenvalue weighted by molar-refractivity contribution is -0.116. The van der Waals surface area contributed by atoms with Gasteiger partial charge in [0.05, 0.1) is 12.1 Å². The first-order valence-electron chi connectivity index (χ1n) is 11.5. The number of fused-ring (bicyclic) bond motifs is 1. The number of hydrogen-bond donors (Lipinski definition) is 4. The Balaban J connectivity index is 2.09. The maximum absolute atomic E-state index is 12.4. The summed E-state index contributed by atoms with van der Waals surface area (Å²) in [6.07, 6.45) is 1.44. The van der Waals surface area contributed by atoms with Crippen molar-refractivity contribution >= 4 is 23.6 Å². The van der Waals surface area contributed by atoms with Crippen molar-refractivity contribution in [1.29, 1.82) is 0 Å². The normalized spacial score (nSPS) is 16.6. The van der Waals surface area contributed by atoms with E-state index in [1.165, 1.54) is 0 Å². The smallest absolute Gasteiger partial charge is 0.408 e. The van der Waals surface area contributed by atoms with Crippen molar-refractivity contribution in [2.45, 2.75) is 77.9 Å². The maximum Gasteiger partial charge on any atom is 0.408 e. The molecule has 1 unspecified atom stereocenters. The maximum atomic E-state index is 12.4. The number of ether oxygens (including phenoxy) is 1. The van der Waals surface area contributed by atoms with Crippen molar-refractivity contribution in [3.05, 3.63) is 29.8 Å². The second-order valence-corrected chi connectivity index (χ2v) is 9.23. The van der Waals surface area contributed by atoms with Gasteiger partial charge < -0.3 is 26.0 Å². The summed E-state index contributed by atoms with van der Waals surface area (Å²) >= 11 is 0. The Kier molecular flexibility index (Phi) is 8.92. The van der Waals surface area contributed by atoms with Crippen LogP contribution in [-0.4, -0.2) is 48.7 Å². The van der Waals surface area contributed by atoms with Crippen LogP contribution in [0.2, 0.25) is 0 Å². The van der Waals surface area contributed by atoms with E-state index in [2.05, 4.69) is 27.3 Å². The van der Waals surface area contributed by atoms with Gasteiger partial charge in [-0.25, -0.2) is 4.79 Å². The summed E-state index contributed by atoms with van der Waals surface area (Å²) in [6, 6.07) is 7.89. The number of alkyl carbamates (subject to hydrolysis) is 1. The molecule has 32 heavy (non-hydrogen) atoms. The van der Waals surface area contributed by atoms with Crippen LogP contribution in [0.15, 0.2) is 29.3 Å². The zero-order chi connectivity index (χ0) is 23.8. The van der Waals surface area contributed by atoms with Gasteiger partial charge >= 0.3 is 6.09 Å². The minimum atomic E-state index is -0.556. The molecule has 1 heterocycles. The van der Waals surface area contributed by atoms with Crippen LogP contribution in [0.3, 0.4) is 0 Å². The van der Waals surface area contributed by atoms with E-state index in [1.807, 2.05) is 59.7 Å². The third-order valence-electron chi connectivity index (χ3n) is 5.63. The number of aliphatic imine (C=N–C) groups is 1. The molecule has 1 aliphatic rings. The molecular weight excluding hydrogens is 406 g/mol. The third-order valence-corrected chi connectivity index (χ3v) is 5.63. The SMILES string of the molecule is CCNC(=NCC(CC)(CC)NC(=O)OC(C)(C)C)NCC1CC(=O)Nc2ccccc21. The summed E-state index contributed by atoms with van der Waals surface area (Å²) in [4.78, 5) is 29.3. The molecule has 4 N–H and O–H groups in total. The van der Waals surface area contributed by atoms with Gasteiger partial charge in [0.15, 0.2) is 5.96 Å². The zero-order valence-electron chi connectivity index (χ0n) is 20.3. The molecule has 0 radical (unpaired) electrons. The summed E-state index contributed by atoms with van der Waals surface area (Å²) in [6.45, 7) is 13.3. The molecule has 0 aromatic heterocycles. The highest BCUT2D eigenvalue weighted by Gasteiger charge is 2.31. The van der Waals surface area contributed by atoms with Crippen molar-refractivity contribution < 1.29 is 14.3 Å². The Morgan fingerprint density at radius 1 is 1.16 bits per heavy atom. The first-order chi connectivity index (χ1) is 15.1. The standard InChI is InChI=1S/C24H39N5O3/c1-7-24(8-2,29-22(31)32-23(4,5)6)16-27-21(25-9-3)26-15-17-14-20(30)28-19-13-11-10-12-18(17)19/h10-13,17H,7-9,14-16H2,1-6H3,(H,28,30)(H,29,31)(H2,25,26,27). The Morgan fingerprint density at radius 2 is 1.84 bits per heavy atom. The highest BCUT2D eigenvalue weighted by molar-refractivity contribution is 5.94. The van der Waals surface area contributed by atoms with Gasteiger partial charge in [-0.15, -0.1) is 0 Å². The first-order valence-corrected chi connectivity index (χ1v) is 11.5. The van der Waals surface area contributed by atoms with Crippen LogP contribution >= 0.6 is 0 Å². The van der Waals surface area contributed by atoms with Crippen molar-refractivity contribution in [3.63, 3.8) is 0 Å². The molecule has 0 saturated heterocycles. The number of nitrogens with one attached hydrogen (secondary N) is 4. The van der Waals surface area contributed by atoms with Gasteiger partial charge in [-0.2, -0.15) is 0 Å². The summed E-state index contributed by atoms with van der Waals surface area (Å²) in [5.41, 5.74) is 0.940. The van der Waals surface area contributed by atoms with Gasteiger partial charge in [0.2, 0.25) is 5.91 Å². The Morgan fingerprint density at radius 3 is 2.47 bits per heavy atom. The second kappa shape index (κ2) is 11.2. The molecule has 8 heteroatoms. The molecule has 178 valence electrons. The number of nitrogens with zero attached hydrogens (tertiary/aromatic N) is 1. The number of hydrogen-bond acceptors (Lipinski definition) is 4. The predicted octanol–water partition coefficient (Wildman–Crippen LogP) is 3.75. The van der Waals surface area contributed by atoms with Gasteiger partial charge in [-0.05, 0) is 52.2 Å². The molecular formula is C24H39N5O3. The minimum absolute atomic E-state index is 0.0231. The molecule has 1 aliphatic heterocycles. The van der Waals surface area contributed by atoms with E-state index in [0.29, 0.717) is 32.0 Å². The van der Waals surface area contributed by atoms with Crippen molar-refractivity contribution in [2.24, 2.45) is 4.99 Å². The molecule has 2 rings (SSSR count). The summed E-state index contributed by atoms with van der Waals surface area (Å²) in [7, 11) is 0. The van der Waals surface area contributed by atoms with Crippen molar-refractivity contribution in [3.8, 4) is 0 Å². The highest BCUT2D eigenvalue weighted by Crippen LogP contribution is 2.31. The van der Waals surface area contributed by atoms with Gasteiger partial charge in [0, 0.05) is 31.1 Å². The zero-order valence-corrected chi connectivity index (χ0v) is 20.3. The fourth-order valence-electron chi connectivity index (χ4n) is 3.69. The molecule has 0 aliphatic carbocycles. The monoisotopic (exact) mass is 445 g/mol. The molecule has 0 spiro atoms. The summed E-state index contributed by atoms with van der Waals surface area (Å²) < 4.78 is 5.45. The Hall–Kier alpha value is -2.77. The molecule has 1 aromatic carbocycles. The lowest BCUT2D eigenvalue weighted by Gasteiger charge is -2.33. The van der Waals surface area contributed by atoms with Crippen LogP contribution < -0.4 is 21.3 Å². The Labute approximate surface area is 192 Å². The number of rotatable bonds is 8. The topological polar surface area (TPSA) is 104 Å². The van der Waals surface area contributed by atoms with Crippen LogP contribution in [0.5, 0.6) is 0 Å². The van der Waals surface area contributed by atoms with Crippen LogP contribution in [0.1, 0.15) is 72.3 Å². The van der Waals surface area contributed by atoms with E-state index in [4.69, 9.17) is 9.73 Å². The number of para-hydroxylation sites is 1. The van der Waals surface area contributed by atoms with E-state index in [1.54, 1.807) is 0 Å². The van der Waals surface area contributed by atoms with E-state index >= 15 is 0 Å². The molecule has 1 aromatic rings. The summed E-state index contributed by atoms with van der Waals surface area (Å²) in [5.74, 6) is 0.744. The highest BCUT2D eigenvalue weighted by atomic mass is 16.6. The third kappa shape index (κ3) is 7.43. The number of benzene rings is 1. The molecule has 2 amide bonds. The second-order valence-electron chi connectivity index (χ2n) is 9.23. The number of carbonyl (C=O) groups excluding carboxylic acids is 2. The molecule has 0 bridgehead atoms. The average Bonchev–Trinajstić information content (AvgIpc) is 2.73. The number of carbonyl (C=O) groups is 2. The first kappa shape index (κ1) is 25.5. The summed E-state index contributed by atoms with van der Waals surface area (Å²) in [5, 5.41) is 12.6. The van der Waals surface area contributed by atoms with Crippen LogP contribution in [0, 0.1) is 0 Å². The molecule has 1 atom stereocenters. The lowest BCUT2D eigenvalue weighted by Crippen LogP contribution is -2.52. The van der Waals surface area contributed by atoms with Gasteiger partial charge in [-0.3, -0.25) is 9.79 Å². The predicted molar refractivity (Wildman–Crippen MR) is 129 cm³/mol. The number of amides is 2. The fraction of sp³-hybridized carbons (Fsp3) is 0.625. The van der Waals surface area contributed by atoms with Crippen LogP contribution in [0.25, 0.3) is 0 Å². The lowest BCUT2D eigenvalue weighted by atomic mass is 9.90. The van der Waals surface area contributed by atoms with Crippen molar-refractivity contribution in [1.82, 2.24) is 16.0 Å². The average molecular weight is 446 g/mol. The van der Waals surface area contributed by atoms with Gasteiger partial charge in [0.25, 0.3) is 0 Å². The molecule has 0 fully saturated rings. The quantitative estimate of drug-likeness (QED) is 0.360. The van der Waals surface area contributed by atoms with Crippen molar-refractivity contribution in [2.75, 3.05) is 25.0 Å². The van der Waals surface area contributed by atoms with Gasteiger partial charge in [0.1, 0.15) is 5.60 Å². The van der Waals surface area contributed by atoms with Crippen LogP contribution in [-0.2, 0) is 9.53 Å². The Bertz CT molecular complexity index is 812. The van der Waals surface area contributed by atoms with E-state index in [9.17, 15) is 9.59 Å². The van der Waals surface area contributed by atoms with E-state index in [-0.39, 0.29) is 11.8 Å². The number of anilines is 1. The minimum Gasteiger partial charge on any atom is -0.444 e. The van der Waals surface area contributed by atoms with Gasteiger partial charge in [-0.1, -0.05) is 32.0 Å². The molecule has 8 nitrogen and oxygen atoms in total. The van der Waals surface area contributed by atoms with E-state index in [0.717, 1.165) is 24.1 Å². The van der Waals surface area contributed by atoms with E-state index < -0.39 is 17.2 Å². The largest absolute Gasteiger partial charge is 0.444 e.